The van der Waals surface area contributed by atoms with Crippen molar-refractivity contribution >= 4 is 44.4 Å². The number of thioether (sulfide) groups is 1. The summed E-state index contributed by atoms with van der Waals surface area (Å²) in [6.07, 6.45) is -0.331. The fraction of sp³-hybridized carbons (Fsp3) is 0.360. The van der Waals surface area contributed by atoms with Crippen LogP contribution in [0.1, 0.15) is 38.3 Å². The van der Waals surface area contributed by atoms with Gasteiger partial charge in [-0.3, -0.25) is 4.79 Å². The SMILES string of the molecule is COc1cccc(OC(C)c2nnc(SCC(=O)Nc3nc4c(C)cccc4s3)n2CC(C)C)c1. The van der Waals surface area contributed by atoms with Crippen LogP contribution in [-0.4, -0.2) is 38.5 Å². The third-order valence-electron chi connectivity index (χ3n) is 5.21. The molecule has 0 aliphatic carbocycles. The number of carbonyl (C=O) groups is 1. The third-order valence-corrected chi connectivity index (χ3v) is 7.11. The van der Waals surface area contributed by atoms with E-state index in [1.165, 1.54) is 23.1 Å². The van der Waals surface area contributed by atoms with Gasteiger partial charge in [0, 0.05) is 12.6 Å². The molecule has 2 aromatic carbocycles. The van der Waals surface area contributed by atoms with Gasteiger partial charge in [0.2, 0.25) is 5.91 Å². The van der Waals surface area contributed by atoms with Crippen LogP contribution in [0.25, 0.3) is 10.2 Å². The molecule has 10 heteroatoms. The Bertz CT molecular complexity index is 1320. The number of rotatable bonds is 10. The molecule has 0 radical (unpaired) electrons. The summed E-state index contributed by atoms with van der Waals surface area (Å²) < 4.78 is 14.5. The highest BCUT2D eigenvalue weighted by molar-refractivity contribution is 7.99. The van der Waals surface area contributed by atoms with Gasteiger partial charge in [-0.1, -0.05) is 55.1 Å². The van der Waals surface area contributed by atoms with E-state index in [1.54, 1.807) is 7.11 Å². The van der Waals surface area contributed by atoms with Crippen LogP contribution >= 0.6 is 23.1 Å². The number of thiazole rings is 1. The van der Waals surface area contributed by atoms with Gasteiger partial charge in [-0.25, -0.2) is 4.98 Å². The summed E-state index contributed by atoms with van der Waals surface area (Å²) in [5, 5.41) is 13.0. The number of ether oxygens (including phenoxy) is 2. The molecule has 1 unspecified atom stereocenters. The number of amides is 1. The maximum atomic E-state index is 12.7. The highest BCUT2D eigenvalue weighted by Crippen LogP contribution is 2.29. The number of nitrogens with one attached hydrogen (secondary N) is 1. The first-order valence-corrected chi connectivity index (χ1v) is 13.2. The lowest BCUT2D eigenvalue weighted by Crippen LogP contribution is -2.17. The van der Waals surface area contributed by atoms with Crippen LogP contribution in [0, 0.1) is 12.8 Å². The smallest absolute Gasteiger partial charge is 0.236 e. The number of benzene rings is 2. The Kier molecular flexibility index (Phi) is 7.92. The van der Waals surface area contributed by atoms with E-state index in [4.69, 9.17) is 9.47 Å². The molecule has 2 aromatic heterocycles. The van der Waals surface area contributed by atoms with Gasteiger partial charge in [-0.2, -0.15) is 0 Å². The number of carbonyl (C=O) groups excluding carboxylic acids is 1. The molecule has 0 aliphatic heterocycles. The monoisotopic (exact) mass is 511 g/mol. The van der Waals surface area contributed by atoms with Crippen LogP contribution in [0.3, 0.4) is 0 Å². The summed E-state index contributed by atoms with van der Waals surface area (Å²) in [4.78, 5) is 17.2. The zero-order valence-electron chi connectivity index (χ0n) is 20.4. The molecule has 0 aliphatic rings. The number of nitrogens with zero attached hydrogens (tertiary/aromatic N) is 4. The molecule has 184 valence electrons. The number of para-hydroxylation sites is 1. The lowest BCUT2D eigenvalue weighted by molar-refractivity contribution is -0.113. The molecular weight excluding hydrogens is 482 g/mol. The lowest BCUT2D eigenvalue weighted by atomic mass is 10.2. The minimum Gasteiger partial charge on any atom is -0.497 e. The van der Waals surface area contributed by atoms with Crippen molar-refractivity contribution in [2.45, 2.75) is 45.5 Å². The summed E-state index contributed by atoms with van der Waals surface area (Å²) in [6, 6.07) is 13.5. The van der Waals surface area contributed by atoms with Crippen molar-refractivity contribution in [1.29, 1.82) is 0 Å². The van der Waals surface area contributed by atoms with Crippen molar-refractivity contribution in [3.63, 3.8) is 0 Å². The summed E-state index contributed by atoms with van der Waals surface area (Å²) in [6.45, 7) is 8.94. The largest absolute Gasteiger partial charge is 0.497 e. The van der Waals surface area contributed by atoms with Gasteiger partial charge in [0.05, 0.1) is 23.1 Å². The topological polar surface area (TPSA) is 91.2 Å². The Morgan fingerprint density at radius 1 is 1.14 bits per heavy atom. The first-order chi connectivity index (χ1) is 16.8. The number of hydrogen-bond acceptors (Lipinski definition) is 8. The molecule has 0 bridgehead atoms. The molecule has 1 amide bonds. The van der Waals surface area contributed by atoms with Gasteiger partial charge < -0.3 is 19.4 Å². The van der Waals surface area contributed by atoms with Crippen LogP contribution in [0.5, 0.6) is 11.5 Å². The summed E-state index contributed by atoms with van der Waals surface area (Å²) in [7, 11) is 1.62. The molecule has 4 rings (SSSR count). The second-order valence-corrected chi connectivity index (χ2v) is 10.5. The van der Waals surface area contributed by atoms with E-state index in [0.717, 1.165) is 28.1 Å². The number of aromatic nitrogens is 4. The molecule has 0 spiro atoms. The van der Waals surface area contributed by atoms with Crippen molar-refractivity contribution in [3.05, 3.63) is 53.9 Å². The van der Waals surface area contributed by atoms with Crippen LogP contribution < -0.4 is 14.8 Å². The number of methoxy groups -OCH3 is 1. The predicted octanol–water partition coefficient (Wildman–Crippen LogP) is 5.73. The Morgan fingerprint density at radius 3 is 2.66 bits per heavy atom. The normalized spacial score (nSPS) is 12.2. The fourth-order valence-electron chi connectivity index (χ4n) is 3.60. The molecule has 4 aromatic rings. The van der Waals surface area contributed by atoms with Crippen molar-refractivity contribution in [2.24, 2.45) is 5.92 Å². The van der Waals surface area contributed by atoms with E-state index in [9.17, 15) is 4.79 Å². The molecule has 1 atom stereocenters. The molecule has 0 saturated heterocycles. The van der Waals surface area contributed by atoms with E-state index in [0.29, 0.717) is 27.8 Å². The van der Waals surface area contributed by atoms with Crippen LogP contribution in [0.15, 0.2) is 47.6 Å². The zero-order chi connectivity index (χ0) is 24.9. The van der Waals surface area contributed by atoms with E-state index < -0.39 is 0 Å². The number of hydrogen-bond donors (Lipinski definition) is 1. The second-order valence-electron chi connectivity index (χ2n) is 8.56. The highest BCUT2D eigenvalue weighted by atomic mass is 32.2. The molecular formula is C25H29N5O3S2. The Balaban J connectivity index is 1.44. The lowest BCUT2D eigenvalue weighted by Gasteiger charge is -2.18. The van der Waals surface area contributed by atoms with Crippen LogP contribution in [0.4, 0.5) is 5.13 Å². The third kappa shape index (κ3) is 6.12. The van der Waals surface area contributed by atoms with Crippen molar-refractivity contribution in [2.75, 3.05) is 18.2 Å². The quantitative estimate of drug-likeness (QED) is 0.272. The van der Waals surface area contributed by atoms with Gasteiger partial charge in [-0.15, -0.1) is 10.2 Å². The highest BCUT2D eigenvalue weighted by Gasteiger charge is 2.21. The molecule has 0 saturated carbocycles. The van der Waals surface area contributed by atoms with Gasteiger partial charge >= 0.3 is 0 Å². The minimum atomic E-state index is -0.331. The number of aryl methyl sites for hydroxylation is 1. The van der Waals surface area contributed by atoms with Crippen LogP contribution in [-0.2, 0) is 11.3 Å². The standard InChI is InChI=1S/C25H29N5O3S2/c1-15(2)13-30-23(17(4)33-19-10-7-9-18(12-19)32-5)28-29-25(30)34-14-21(31)26-24-27-22-16(3)8-6-11-20(22)35-24/h6-12,15,17H,13-14H2,1-5H3,(H,26,27,31). The predicted molar refractivity (Wildman–Crippen MR) is 141 cm³/mol. The first kappa shape index (κ1) is 25.0. The fourth-order valence-corrected chi connectivity index (χ4v) is 5.32. The average Bonchev–Trinajstić information content (AvgIpc) is 3.42. The second kappa shape index (κ2) is 11.1. The number of fused-ring (bicyclic) bond motifs is 1. The minimum absolute atomic E-state index is 0.131. The Hall–Kier alpha value is -3.11. The van der Waals surface area contributed by atoms with Crippen LogP contribution in [0.2, 0.25) is 0 Å². The number of anilines is 1. The zero-order valence-corrected chi connectivity index (χ0v) is 22.1. The summed E-state index contributed by atoms with van der Waals surface area (Å²) >= 11 is 2.83. The summed E-state index contributed by atoms with van der Waals surface area (Å²) in [5.41, 5.74) is 2.01. The van der Waals surface area contributed by atoms with Gasteiger partial charge in [0.1, 0.15) is 11.5 Å². The maximum Gasteiger partial charge on any atom is 0.236 e. The maximum absolute atomic E-state index is 12.7. The van der Waals surface area contributed by atoms with Gasteiger partial charge in [0.15, 0.2) is 22.2 Å². The Morgan fingerprint density at radius 2 is 1.91 bits per heavy atom. The molecule has 35 heavy (non-hydrogen) atoms. The van der Waals surface area contributed by atoms with E-state index >= 15 is 0 Å². The van der Waals surface area contributed by atoms with E-state index in [-0.39, 0.29) is 17.8 Å². The van der Waals surface area contributed by atoms with Gasteiger partial charge in [0.25, 0.3) is 0 Å². The molecule has 0 fully saturated rings. The summed E-state index contributed by atoms with van der Waals surface area (Å²) in [5.74, 6) is 2.57. The molecule has 1 N–H and O–H groups in total. The Labute approximate surface area is 213 Å². The van der Waals surface area contributed by atoms with E-state index in [1.807, 2.05) is 60.9 Å². The van der Waals surface area contributed by atoms with Crippen molar-refractivity contribution in [3.8, 4) is 11.5 Å². The van der Waals surface area contributed by atoms with E-state index in [2.05, 4.69) is 34.3 Å². The van der Waals surface area contributed by atoms with Gasteiger partial charge in [-0.05, 0) is 43.5 Å². The van der Waals surface area contributed by atoms with Crippen molar-refractivity contribution in [1.82, 2.24) is 19.7 Å². The first-order valence-electron chi connectivity index (χ1n) is 11.4. The average molecular weight is 512 g/mol. The molecule has 8 nitrogen and oxygen atoms in total. The van der Waals surface area contributed by atoms with Crippen molar-refractivity contribution < 1.29 is 14.3 Å². The molecule has 2 heterocycles.